The number of rotatable bonds is 13. The topological polar surface area (TPSA) is 52.6 Å². The number of ketones is 2. The molecular weight excluding hydrogens is 568 g/mol. The Balaban J connectivity index is 1.32. The Hall–Kier alpha value is -5.42. The van der Waals surface area contributed by atoms with Crippen molar-refractivity contribution in [1.29, 1.82) is 0 Å². The first-order valence-corrected chi connectivity index (χ1v) is 15.3. The third-order valence-corrected chi connectivity index (χ3v) is 8.23. The smallest absolute Gasteiger partial charge is 0.226 e. The standard InChI is InChI=1S/C42H34O4/c43-39(31-45-41(33-19-7-1-8-20-33,34-21-9-2-10-22-34)35-23-11-3-12-24-35)40(44)32-46-42(36-25-13-4-14-26-36,37-27-15-5-16-28-37)38-29-17-6-18-30-38/h1-30H,31-32H2. The van der Waals surface area contributed by atoms with Gasteiger partial charge in [0.25, 0.3) is 0 Å². The van der Waals surface area contributed by atoms with Crippen LogP contribution in [-0.2, 0) is 30.3 Å². The maximum Gasteiger partial charge on any atom is 0.226 e. The Labute approximate surface area is 269 Å². The Morgan fingerprint density at radius 2 is 0.500 bits per heavy atom. The molecule has 4 heteroatoms. The van der Waals surface area contributed by atoms with Crippen molar-refractivity contribution in [3.8, 4) is 0 Å². The van der Waals surface area contributed by atoms with Gasteiger partial charge in [-0.25, -0.2) is 0 Å². The van der Waals surface area contributed by atoms with Gasteiger partial charge in [-0.3, -0.25) is 9.59 Å². The molecule has 226 valence electrons. The van der Waals surface area contributed by atoms with Crippen molar-refractivity contribution < 1.29 is 19.1 Å². The molecule has 0 radical (unpaired) electrons. The van der Waals surface area contributed by atoms with E-state index < -0.39 is 36.0 Å². The molecule has 0 unspecified atom stereocenters. The van der Waals surface area contributed by atoms with Crippen LogP contribution in [0.3, 0.4) is 0 Å². The fourth-order valence-corrected chi connectivity index (χ4v) is 6.05. The van der Waals surface area contributed by atoms with Crippen LogP contribution in [-0.4, -0.2) is 24.8 Å². The van der Waals surface area contributed by atoms with E-state index in [-0.39, 0.29) is 0 Å². The van der Waals surface area contributed by atoms with Crippen molar-refractivity contribution in [1.82, 2.24) is 0 Å². The summed E-state index contributed by atoms with van der Waals surface area (Å²) in [5, 5.41) is 0. The predicted molar refractivity (Wildman–Crippen MR) is 180 cm³/mol. The van der Waals surface area contributed by atoms with E-state index in [2.05, 4.69) is 0 Å². The summed E-state index contributed by atoms with van der Waals surface area (Å²) in [7, 11) is 0. The summed E-state index contributed by atoms with van der Waals surface area (Å²) in [5.74, 6) is -1.34. The monoisotopic (exact) mass is 602 g/mol. The van der Waals surface area contributed by atoms with Crippen molar-refractivity contribution >= 4 is 11.6 Å². The molecule has 0 saturated carbocycles. The first-order chi connectivity index (χ1) is 22.6. The normalized spacial score (nSPS) is 11.6. The van der Waals surface area contributed by atoms with Crippen molar-refractivity contribution in [2.75, 3.05) is 13.2 Å². The van der Waals surface area contributed by atoms with Crippen molar-refractivity contribution in [3.05, 3.63) is 215 Å². The van der Waals surface area contributed by atoms with E-state index in [0.717, 1.165) is 33.4 Å². The highest BCUT2D eigenvalue weighted by Gasteiger charge is 2.40. The molecular formula is C42H34O4. The quantitative estimate of drug-likeness (QED) is 0.0989. The van der Waals surface area contributed by atoms with Crippen LogP contribution in [0.25, 0.3) is 0 Å². The van der Waals surface area contributed by atoms with E-state index in [1.54, 1.807) is 0 Å². The molecule has 0 aliphatic rings. The predicted octanol–water partition coefficient (Wildman–Crippen LogP) is 8.14. The highest BCUT2D eigenvalue weighted by Crippen LogP contribution is 2.42. The summed E-state index contributed by atoms with van der Waals surface area (Å²) < 4.78 is 13.3. The molecule has 0 heterocycles. The average molecular weight is 603 g/mol. The SMILES string of the molecule is O=C(COC(c1ccccc1)(c1ccccc1)c1ccccc1)C(=O)COC(c1ccccc1)(c1ccccc1)c1ccccc1. The molecule has 0 N–H and O–H groups in total. The zero-order valence-electron chi connectivity index (χ0n) is 25.4. The second kappa shape index (κ2) is 14.1. The molecule has 0 fully saturated rings. The number of carbonyl (C=O) groups is 2. The lowest BCUT2D eigenvalue weighted by molar-refractivity contribution is -0.146. The third kappa shape index (κ3) is 6.09. The van der Waals surface area contributed by atoms with Crippen LogP contribution in [0.5, 0.6) is 0 Å². The van der Waals surface area contributed by atoms with E-state index in [0.29, 0.717) is 0 Å². The maximum atomic E-state index is 13.7. The van der Waals surface area contributed by atoms with Gasteiger partial charge in [0.15, 0.2) is 0 Å². The number of benzene rings is 6. The van der Waals surface area contributed by atoms with Gasteiger partial charge >= 0.3 is 0 Å². The second-order valence-electron chi connectivity index (χ2n) is 11.0. The van der Waals surface area contributed by atoms with Crippen LogP contribution < -0.4 is 0 Å². The van der Waals surface area contributed by atoms with Gasteiger partial charge in [-0.05, 0) is 33.4 Å². The Morgan fingerprint density at radius 3 is 0.674 bits per heavy atom. The van der Waals surface area contributed by atoms with Crippen molar-refractivity contribution in [2.24, 2.45) is 0 Å². The van der Waals surface area contributed by atoms with Gasteiger partial charge < -0.3 is 9.47 Å². The fraction of sp³-hybridized carbons (Fsp3) is 0.0952. The van der Waals surface area contributed by atoms with Crippen LogP contribution in [0.15, 0.2) is 182 Å². The van der Waals surface area contributed by atoms with E-state index in [9.17, 15) is 9.59 Å². The zero-order chi connectivity index (χ0) is 31.7. The molecule has 0 aliphatic heterocycles. The van der Waals surface area contributed by atoms with E-state index in [1.165, 1.54) is 0 Å². The van der Waals surface area contributed by atoms with Gasteiger partial charge in [0.1, 0.15) is 24.4 Å². The third-order valence-electron chi connectivity index (χ3n) is 8.23. The van der Waals surface area contributed by atoms with Crippen LogP contribution >= 0.6 is 0 Å². The lowest BCUT2D eigenvalue weighted by Crippen LogP contribution is -2.39. The van der Waals surface area contributed by atoms with Gasteiger partial charge in [-0.1, -0.05) is 182 Å². The molecule has 0 aliphatic carbocycles. The van der Waals surface area contributed by atoms with Crippen LogP contribution in [0, 0.1) is 0 Å². The van der Waals surface area contributed by atoms with E-state index in [4.69, 9.17) is 9.47 Å². The molecule has 0 spiro atoms. The number of ether oxygens (including phenoxy) is 2. The molecule has 6 aromatic rings. The lowest BCUT2D eigenvalue weighted by Gasteiger charge is -2.36. The van der Waals surface area contributed by atoms with Gasteiger partial charge in [0.05, 0.1) is 0 Å². The second-order valence-corrected chi connectivity index (χ2v) is 11.0. The number of hydrogen-bond acceptors (Lipinski definition) is 4. The number of Topliss-reactive ketones (excluding diaryl/α,β-unsaturated/α-hetero) is 2. The molecule has 0 aromatic heterocycles. The molecule has 0 bridgehead atoms. The molecule has 0 saturated heterocycles. The van der Waals surface area contributed by atoms with E-state index >= 15 is 0 Å². The van der Waals surface area contributed by atoms with Crippen LogP contribution in [0.2, 0.25) is 0 Å². The summed E-state index contributed by atoms with van der Waals surface area (Å²) in [6, 6.07) is 58.6. The summed E-state index contributed by atoms with van der Waals surface area (Å²) >= 11 is 0. The molecule has 4 nitrogen and oxygen atoms in total. The largest absolute Gasteiger partial charge is 0.353 e. The van der Waals surface area contributed by atoms with Crippen molar-refractivity contribution in [2.45, 2.75) is 11.2 Å². The fourth-order valence-electron chi connectivity index (χ4n) is 6.05. The number of carbonyl (C=O) groups excluding carboxylic acids is 2. The Kier molecular flexibility index (Phi) is 9.40. The molecule has 0 atom stereocenters. The van der Waals surface area contributed by atoms with Crippen LogP contribution in [0.4, 0.5) is 0 Å². The molecule has 6 rings (SSSR count). The van der Waals surface area contributed by atoms with E-state index in [1.807, 2.05) is 182 Å². The molecule has 46 heavy (non-hydrogen) atoms. The first-order valence-electron chi connectivity index (χ1n) is 15.3. The highest BCUT2D eigenvalue weighted by atomic mass is 16.5. The average Bonchev–Trinajstić information content (AvgIpc) is 3.14. The first kappa shape index (κ1) is 30.6. The van der Waals surface area contributed by atoms with Crippen molar-refractivity contribution in [3.63, 3.8) is 0 Å². The van der Waals surface area contributed by atoms with Gasteiger partial charge in [-0.15, -0.1) is 0 Å². The van der Waals surface area contributed by atoms with Crippen LogP contribution in [0.1, 0.15) is 33.4 Å². The highest BCUT2D eigenvalue weighted by molar-refractivity contribution is 6.38. The number of hydrogen-bond donors (Lipinski definition) is 0. The summed E-state index contributed by atoms with van der Waals surface area (Å²) in [4.78, 5) is 27.3. The lowest BCUT2D eigenvalue weighted by atomic mass is 9.80. The summed E-state index contributed by atoms with van der Waals surface area (Å²) in [5.41, 5.74) is 2.84. The summed E-state index contributed by atoms with van der Waals surface area (Å²) in [6.07, 6.45) is 0. The minimum Gasteiger partial charge on any atom is -0.353 e. The van der Waals surface area contributed by atoms with Gasteiger partial charge in [0.2, 0.25) is 11.6 Å². The zero-order valence-corrected chi connectivity index (χ0v) is 25.4. The maximum absolute atomic E-state index is 13.7. The molecule has 6 aromatic carbocycles. The minimum atomic E-state index is -1.12. The van der Waals surface area contributed by atoms with Gasteiger partial charge in [-0.2, -0.15) is 0 Å². The molecule has 0 amide bonds. The Morgan fingerprint density at radius 1 is 0.326 bits per heavy atom. The summed E-state index contributed by atoms with van der Waals surface area (Å²) in [6.45, 7) is -0.869. The van der Waals surface area contributed by atoms with Gasteiger partial charge in [0, 0.05) is 0 Å². The minimum absolute atomic E-state index is 0.435. The Bertz CT molecular complexity index is 1510.